The lowest BCUT2D eigenvalue weighted by Gasteiger charge is -2.47. The van der Waals surface area contributed by atoms with Crippen LogP contribution in [0.5, 0.6) is 0 Å². The number of nitrogens with one attached hydrogen (secondary N) is 1. The monoisotopic (exact) mass is 434 g/mol. The molecule has 6 nitrogen and oxygen atoms in total. The van der Waals surface area contributed by atoms with Crippen molar-refractivity contribution in [2.45, 2.75) is 62.4 Å². The Hall–Kier alpha value is -1.44. The summed E-state index contributed by atoms with van der Waals surface area (Å²) in [5.74, 6) is 0.577. The van der Waals surface area contributed by atoms with Crippen LogP contribution in [0.4, 0.5) is 0 Å². The first-order chi connectivity index (χ1) is 14.3. The molecule has 1 spiro atoms. The third kappa shape index (κ3) is 4.58. The van der Waals surface area contributed by atoms with Gasteiger partial charge in [0.25, 0.3) is 0 Å². The number of nitrogens with zero attached hydrogens (tertiary/aromatic N) is 1. The quantitative estimate of drug-likeness (QED) is 0.773. The number of piperidine rings is 1. The van der Waals surface area contributed by atoms with E-state index in [0.29, 0.717) is 19.1 Å². The number of likely N-dealkylation sites (tertiary alicyclic amines) is 1. The molecule has 1 amide bonds. The normalized spacial score (nSPS) is 26.0. The maximum Gasteiger partial charge on any atom is 0.233 e. The summed E-state index contributed by atoms with van der Waals surface area (Å²) < 4.78 is 31.8. The van der Waals surface area contributed by atoms with Crippen molar-refractivity contribution in [3.05, 3.63) is 35.9 Å². The fraction of sp³-hybridized carbons (Fsp3) is 0.696. The van der Waals surface area contributed by atoms with E-state index >= 15 is 0 Å². The van der Waals surface area contributed by atoms with Crippen LogP contribution in [0.2, 0.25) is 0 Å². The zero-order valence-corrected chi connectivity index (χ0v) is 18.8. The summed E-state index contributed by atoms with van der Waals surface area (Å²) in [7, 11) is -3.17. The van der Waals surface area contributed by atoms with Gasteiger partial charge in [-0.25, -0.2) is 13.1 Å². The minimum atomic E-state index is -3.17. The summed E-state index contributed by atoms with van der Waals surface area (Å²) in [6.07, 6.45) is 8.70. The van der Waals surface area contributed by atoms with Crippen LogP contribution in [-0.2, 0) is 25.0 Å². The number of carbonyl (C=O) groups excluding carboxylic acids is 1. The first-order valence-electron chi connectivity index (χ1n) is 11.3. The maximum atomic E-state index is 13.7. The van der Waals surface area contributed by atoms with Gasteiger partial charge in [0.15, 0.2) is 0 Å². The topological polar surface area (TPSA) is 75.7 Å². The van der Waals surface area contributed by atoms with Crippen LogP contribution < -0.4 is 4.72 Å². The Balaban J connectivity index is 1.41. The molecule has 30 heavy (non-hydrogen) atoms. The highest BCUT2D eigenvalue weighted by Crippen LogP contribution is 2.44. The Morgan fingerprint density at radius 1 is 1.13 bits per heavy atom. The molecule has 7 heteroatoms. The van der Waals surface area contributed by atoms with Gasteiger partial charge < -0.3 is 9.64 Å². The van der Waals surface area contributed by atoms with Gasteiger partial charge in [-0.2, -0.15) is 0 Å². The number of carbonyl (C=O) groups is 1. The summed E-state index contributed by atoms with van der Waals surface area (Å²) in [5.41, 5.74) is 0.587. The number of amides is 1. The van der Waals surface area contributed by atoms with Crippen LogP contribution in [0.1, 0.15) is 56.9 Å². The van der Waals surface area contributed by atoms with E-state index in [-0.39, 0.29) is 16.9 Å². The molecule has 2 aliphatic heterocycles. The molecule has 1 N–H and O–H groups in total. The van der Waals surface area contributed by atoms with Crippen LogP contribution in [0.3, 0.4) is 0 Å². The molecule has 166 valence electrons. The van der Waals surface area contributed by atoms with E-state index in [1.54, 1.807) is 0 Å². The van der Waals surface area contributed by atoms with Crippen LogP contribution >= 0.6 is 0 Å². The molecule has 1 saturated carbocycles. The molecule has 0 bridgehead atoms. The zero-order chi connectivity index (χ0) is 21.2. The van der Waals surface area contributed by atoms with Crippen molar-refractivity contribution in [3.8, 4) is 0 Å². The molecule has 0 radical (unpaired) electrons. The summed E-state index contributed by atoms with van der Waals surface area (Å²) >= 11 is 0. The van der Waals surface area contributed by atoms with E-state index in [1.165, 1.54) is 6.26 Å². The maximum absolute atomic E-state index is 13.7. The lowest BCUT2D eigenvalue weighted by molar-refractivity contribution is -0.151. The largest absolute Gasteiger partial charge is 0.375 e. The molecular formula is C23H34N2O4S. The van der Waals surface area contributed by atoms with Crippen molar-refractivity contribution in [1.82, 2.24) is 9.62 Å². The summed E-state index contributed by atoms with van der Waals surface area (Å²) in [4.78, 5) is 15.7. The van der Waals surface area contributed by atoms with Crippen LogP contribution in [-0.4, -0.2) is 57.3 Å². The summed E-state index contributed by atoms with van der Waals surface area (Å²) in [6.45, 7) is 2.58. The first-order valence-corrected chi connectivity index (χ1v) is 13.1. The standard InChI is InChI=1S/C23H34N2O4S/c1-30(27,28)24-18-19-9-16-29-22(17-19)12-14-25(15-13-22)21(26)23(10-5-6-11-23)20-7-3-2-4-8-20/h2-4,7-8,19,24H,5-6,9-18H2,1H3. The molecule has 3 aliphatic rings. The minimum absolute atomic E-state index is 0.214. The molecule has 2 saturated heterocycles. The average Bonchev–Trinajstić information content (AvgIpc) is 3.24. The van der Waals surface area contributed by atoms with E-state index in [9.17, 15) is 13.2 Å². The Labute approximate surface area is 180 Å². The van der Waals surface area contributed by atoms with Crippen LogP contribution in [0.15, 0.2) is 30.3 Å². The fourth-order valence-electron chi connectivity index (χ4n) is 5.70. The van der Waals surface area contributed by atoms with Gasteiger partial charge in [0.05, 0.1) is 17.3 Å². The number of rotatable bonds is 5. The van der Waals surface area contributed by atoms with Gasteiger partial charge in [-0.05, 0) is 50.0 Å². The number of ether oxygens (including phenoxy) is 1. The molecule has 1 unspecified atom stereocenters. The second-order valence-corrected chi connectivity index (χ2v) is 11.3. The third-order valence-electron chi connectivity index (χ3n) is 7.38. The predicted molar refractivity (Wildman–Crippen MR) is 117 cm³/mol. The second kappa shape index (κ2) is 8.60. The lowest BCUT2D eigenvalue weighted by Crippen LogP contribution is -2.55. The van der Waals surface area contributed by atoms with Crippen molar-refractivity contribution < 1.29 is 17.9 Å². The Morgan fingerprint density at radius 2 is 1.80 bits per heavy atom. The van der Waals surface area contributed by atoms with Crippen molar-refractivity contribution in [3.63, 3.8) is 0 Å². The van der Waals surface area contributed by atoms with E-state index in [2.05, 4.69) is 21.8 Å². The third-order valence-corrected chi connectivity index (χ3v) is 8.08. The number of benzene rings is 1. The van der Waals surface area contributed by atoms with Gasteiger partial charge in [-0.15, -0.1) is 0 Å². The van der Waals surface area contributed by atoms with Crippen molar-refractivity contribution >= 4 is 15.9 Å². The number of sulfonamides is 1. The number of hydrogen-bond acceptors (Lipinski definition) is 4. The molecule has 1 aliphatic carbocycles. The molecule has 1 aromatic rings. The van der Waals surface area contributed by atoms with Gasteiger partial charge in [0.1, 0.15) is 0 Å². The second-order valence-electron chi connectivity index (χ2n) is 9.46. The highest BCUT2D eigenvalue weighted by molar-refractivity contribution is 7.88. The molecular weight excluding hydrogens is 400 g/mol. The first kappa shape index (κ1) is 21.8. The fourth-order valence-corrected chi connectivity index (χ4v) is 6.24. The number of hydrogen-bond donors (Lipinski definition) is 1. The van der Waals surface area contributed by atoms with Gasteiger partial charge in [-0.3, -0.25) is 4.79 Å². The molecule has 0 aromatic heterocycles. The lowest BCUT2D eigenvalue weighted by atomic mass is 9.75. The highest BCUT2D eigenvalue weighted by Gasteiger charge is 2.48. The average molecular weight is 435 g/mol. The van der Waals surface area contributed by atoms with Crippen molar-refractivity contribution in [1.29, 1.82) is 0 Å². The Bertz CT molecular complexity index is 841. The van der Waals surface area contributed by atoms with E-state index < -0.39 is 10.0 Å². The van der Waals surface area contributed by atoms with Crippen LogP contribution in [0.25, 0.3) is 0 Å². The van der Waals surface area contributed by atoms with Gasteiger partial charge in [0, 0.05) is 26.2 Å². The van der Waals surface area contributed by atoms with Gasteiger partial charge in [-0.1, -0.05) is 43.2 Å². The van der Waals surface area contributed by atoms with Crippen molar-refractivity contribution in [2.75, 3.05) is 32.5 Å². The molecule has 1 atom stereocenters. The predicted octanol–water partition coefficient (Wildman–Crippen LogP) is 2.84. The van der Waals surface area contributed by atoms with Gasteiger partial charge in [0.2, 0.25) is 15.9 Å². The van der Waals surface area contributed by atoms with E-state index in [0.717, 1.165) is 70.0 Å². The summed E-state index contributed by atoms with van der Waals surface area (Å²) in [6, 6.07) is 10.3. The molecule has 4 rings (SSSR count). The van der Waals surface area contributed by atoms with E-state index in [1.807, 2.05) is 18.2 Å². The SMILES string of the molecule is CS(=O)(=O)NCC1CCOC2(CCN(C(=O)C3(c4ccccc4)CCCC3)CC2)C1. The Kier molecular flexibility index (Phi) is 6.24. The van der Waals surface area contributed by atoms with Gasteiger partial charge >= 0.3 is 0 Å². The van der Waals surface area contributed by atoms with Crippen molar-refractivity contribution in [2.24, 2.45) is 5.92 Å². The van der Waals surface area contributed by atoms with Crippen LogP contribution in [0, 0.1) is 5.92 Å². The van der Waals surface area contributed by atoms with E-state index in [4.69, 9.17) is 4.74 Å². The minimum Gasteiger partial charge on any atom is -0.375 e. The highest BCUT2D eigenvalue weighted by atomic mass is 32.2. The molecule has 2 heterocycles. The smallest absolute Gasteiger partial charge is 0.233 e. The molecule has 3 fully saturated rings. The summed E-state index contributed by atoms with van der Waals surface area (Å²) in [5, 5.41) is 0. The Morgan fingerprint density at radius 3 is 2.43 bits per heavy atom. The molecule has 1 aromatic carbocycles. The zero-order valence-electron chi connectivity index (χ0n) is 17.9.